The molecular weight excluding hydrogens is 424 g/mol. The Bertz CT molecular complexity index is 1290. The molecule has 1 aromatic heterocycles. The number of sulfone groups is 1. The van der Waals surface area contributed by atoms with Crippen LogP contribution < -0.4 is 5.32 Å². The van der Waals surface area contributed by atoms with E-state index in [0.29, 0.717) is 12.1 Å². The lowest BCUT2D eigenvalue weighted by Gasteiger charge is -2.27. The van der Waals surface area contributed by atoms with Crippen molar-refractivity contribution in [2.24, 2.45) is 4.99 Å². The van der Waals surface area contributed by atoms with E-state index in [-0.39, 0.29) is 30.5 Å². The number of allylic oxidation sites excluding steroid dienone is 1. The summed E-state index contributed by atoms with van der Waals surface area (Å²) in [4.78, 5) is 19.2. The summed E-state index contributed by atoms with van der Waals surface area (Å²) in [5.41, 5.74) is 3.05. The first-order valence-electron chi connectivity index (χ1n) is 10.4. The SMILES string of the molecule is C=N/C(=C\NC)Cn1cc(C(=O)N2CCS(=O)(=O)CC2)c(-c2cccc3ccccc23)c1. The molecule has 0 atom stereocenters. The van der Waals surface area contributed by atoms with Crippen molar-refractivity contribution >= 4 is 33.2 Å². The Morgan fingerprint density at radius 1 is 1.09 bits per heavy atom. The van der Waals surface area contributed by atoms with E-state index in [1.54, 1.807) is 18.1 Å². The lowest BCUT2D eigenvalue weighted by atomic mass is 9.97. The summed E-state index contributed by atoms with van der Waals surface area (Å²) in [6, 6.07) is 14.1. The molecule has 0 unspecified atom stereocenters. The minimum Gasteiger partial charge on any atom is -0.392 e. The van der Waals surface area contributed by atoms with Crippen LogP contribution in [0.4, 0.5) is 0 Å². The molecular formula is C24H26N4O3S. The van der Waals surface area contributed by atoms with Gasteiger partial charge in [0, 0.05) is 44.3 Å². The number of nitrogens with one attached hydrogen (secondary N) is 1. The molecule has 4 rings (SSSR count). The second-order valence-electron chi connectivity index (χ2n) is 7.81. The highest BCUT2D eigenvalue weighted by molar-refractivity contribution is 7.91. The van der Waals surface area contributed by atoms with Gasteiger partial charge in [0.25, 0.3) is 5.91 Å². The fourth-order valence-corrected chi connectivity index (χ4v) is 5.23. The highest BCUT2D eigenvalue weighted by Gasteiger charge is 2.28. The predicted molar refractivity (Wildman–Crippen MR) is 129 cm³/mol. The molecule has 1 fully saturated rings. The van der Waals surface area contributed by atoms with Gasteiger partial charge in [-0.2, -0.15) is 0 Å². The van der Waals surface area contributed by atoms with Crippen LogP contribution in [0.15, 0.2) is 71.7 Å². The molecule has 1 amide bonds. The van der Waals surface area contributed by atoms with E-state index in [1.807, 2.05) is 59.4 Å². The summed E-state index contributed by atoms with van der Waals surface area (Å²) in [5.74, 6) is -0.163. The summed E-state index contributed by atoms with van der Waals surface area (Å²) in [6.07, 6.45) is 5.53. The van der Waals surface area contributed by atoms with Crippen molar-refractivity contribution in [2.45, 2.75) is 6.54 Å². The number of fused-ring (bicyclic) bond motifs is 1. The van der Waals surface area contributed by atoms with E-state index in [0.717, 1.165) is 27.6 Å². The summed E-state index contributed by atoms with van der Waals surface area (Å²) in [6.45, 7) is 4.49. The average Bonchev–Trinajstić information content (AvgIpc) is 3.21. The summed E-state index contributed by atoms with van der Waals surface area (Å²) in [7, 11) is -1.28. The van der Waals surface area contributed by atoms with Gasteiger partial charge in [0.15, 0.2) is 9.84 Å². The molecule has 3 aromatic rings. The fraction of sp³-hybridized carbons (Fsp3) is 0.250. The number of nitrogens with zero attached hydrogens (tertiary/aromatic N) is 3. The second kappa shape index (κ2) is 9.00. The smallest absolute Gasteiger partial charge is 0.256 e. The first-order chi connectivity index (χ1) is 15.4. The van der Waals surface area contributed by atoms with Gasteiger partial charge in [-0.05, 0) is 23.1 Å². The Balaban J connectivity index is 1.79. The molecule has 2 heterocycles. The Morgan fingerprint density at radius 3 is 2.53 bits per heavy atom. The molecule has 0 radical (unpaired) electrons. The normalized spacial score (nSPS) is 16.2. The zero-order chi connectivity index (χ0) is 22.7. The second-order valence-corrected chi connectivity index (χ2v) is 10.1. The van der Waals surface area contributed by atoms with Crippen molar-refractivity contribution in [2.75, 3.05) is 31.6 Å². The largest absolute Gasteiger partial charge is 0.392 e. The van der Waals surface area contributed by atoms with Gasteiger partial charge < -0.3 is 14.8 Å². The molecule has 166 valence electrons. The van der Waals surface area contributed by atoms with Crippen molar-refractivity contribution in [3.63, 3.8) is 0 Å². The lowest BCUT2D eigenvalue weighted by Crippen LogP contribution is -2.43. The van der Waals surface area contributed by atoms with Crippen molar-refractivity contribution < 1.29 is 13.2 Å². The first kappa shape index (κ1) is 21.8. The number of rotatable bonds is 6. The maximum Gasteiger partial charge on any atom is 0.256 e. The molecule has 1 aliphatic heterocycles. The number of aromatic nitrogens is 1. The minimum absolute atomic E-state index is 0.00150. The molecule has 2 aromatic carbocycles. The fourth-order valence-electron chi connectivity index (χ4n) is 4.03. The van der Waals surface area contributed by atoms with Gasteiger partial charge in [-0.1, -0.05) is 42.5 Å². The topological polar surface area (TPSA) is 83.8 Å². The minimum atomic E-state index is -3.08. The van der Waals surface area contributed by atoms with E-state index >= 15 is 0 Å². The van der Waals surface area contributed by atoms with Crippen LogP contribution in [0.3, 0.4) is 0 Å². The van der Waals surface area contributed by atoms with Crippen LogP contribution in [0.2, 0.25) is 0 Å². The maximum atomic E-state index is 13.5. The molecule has 1 aliphatic rings. The van der Waals surface area contributed by atoms with Crippen LogP contribution >= 0.6 is 0 Å². The quantitative estimate of drug-likeness (QED) is 0.586. The molecule has 1 N–H and O–H groups in total. The van der Waals surface area contributed by atoms with Crippen LogP contribution in [0.5, 0.6) is 0 Å². The van der Waals surface area contributed by atoms with Gasteiger partial charge in [0.2, 0.25) is 0 Å². The molecule has 1 saturated heterocycles. The van der Waals surface area contributed by atoms with Gasteiger partial charge in [0.1, 0.15) is 0 Å². The van der Waals surface area contributed by atoms with E-state index in [2.05, 4.69) is 17.0 Å². The molecule has 0 aliphatic carbocycles. The van der Waals surface area contributed by atoms with Gasteiger partial charge in [0.05, 0.1) is 29.3 Å². The standard InChI is InChI=1S/C24H26N4O3S/c1-25-14-19(26-2)15-27-16-22(21-9-5-7-18-6-3-4-8-20(18)21)23(17-27)24(29)28-10-12-32(30,31)13-11-28/h3-9,14,16-17,25H,2,10-13,15H2,1H3/b19-14-. The van der Waals surface area contributed by atoms with E-state index in [9.17, 15) is 13.2 Å². The number of carbonyl (C=O) groups excluding carboxylic acids is 1. The summed E-state index contributed by atoms with van der Waals surface area (Å²) >= 11 is 0. The van der Waals surface area contributed by atoms with Crippen LogP contribution in [-0.2, 0) is 16.4 Å². The average molecular weight is 451 g/mol. The predicted octanol–water partition coefficient (Wildman–Crippen LogP) is 2.94. The van der Waals surface area contributed by atoms with Crippen LogP contribution in [-0.4, -0.2) is 62.2 Å². The van der Waals surface area contributed by atoms with Crippen molar-refractivity contribution in [3.8, 4) is 11.1 Å². The number of hydrogen-bond acceptors (Lipinski definition) is 5. The number of benzene rings is 2. The first-order valence-corrected chi connectivity index (χ1v) is 12.2. The number of carbonyl (C=O) groups is 1. The summed E-state index contributed by atoms with van der Waals surface area (Å²) in [5, 5.41) is 5.10. The maximum absolute atomic E-state index is 13.5. The van der Waals surface area contributed by atoms with Crippen molar-refractivity contribution in [3.05, 3.63) is 72.3 Å². The van der Waals surface area contributed by atoms with Gasteiger partial charge in [-0.25, -0.2) is 8.42 Å². The highest BCUT2D eigenvalue weighted by Crippen LogP contribution is 2.33. The zero-order valence-electron chi connectivity index (χ0n) is 18.0. The van der Waals surface area contributed by atoms with Crippen LogP contribution in [0.1, 0.15) is 10.4 Å². The van der Waals surface area contributed by atoms with E-state index in [4.69, 9.17) is 0 Å². The third-order valence-electron chi connectivity index (χ3n) is 5.68. The lowest BCUT2D eigenvalue weighted by molar-refractivity contribution is 0.0771. The zero-order valence-corrected chi connectivity index (χ0v) is 18.8. The molecule has 8 heteroatoms. The Morgan fingerprint density at radius 2 is 1.81 bits per heavy atom. The number of hydrogen-bond donors (Lipinski definition) is 1. The van der Waals surface area contributed by atoms with Crippen molar-refractivity contribution in [1.29, 1.82) is 0 Å². The highest BCUT2D eigenvalue weighted by atomic mass is 32.2. The Kier molecular flexibility index (Phi) is 6.14. The third-order valence-corrected chi connectivity index (χ3v) is 7.29. The molecule has 32 heavy (non-hydrogen) atoms. The Hall–Kier alpha value is -3.39. The monoisotopic (exact) mass is 450 g/mol. The third kappa shape index (κ3) is 4.45. The number of aliphatic imine (C=N–C) groups is 1. The Labute approximate surface area is 188 Å². The van der Waals surface area contributed by atoms with E-state index < -0.39 is 9.84 Å². The molecule has 7 nitrogen and oxygen atoms in total. The number of amides is 1. The van der Waals surface area contributed by atoms with Gasteiger partial charge in [-0.3, -0.25) is 9.79 Å². The molecule has 0 spiro atoms. The molecule has 0 bridgehead atoms. The van der Waals surface area contributed by atoms with Crippen LogP contribution in [0, 0.1) is 0 Å². The van der Waals surface area contributed by atoms with Gasteiger partial charge in [-0.15, -0.1) is 0 Å². The van der Waals surface area contributed by atoms with Crippen molar-refractivity contribution in [1.82, 2.24) is 14.8 Å². The van der Waals surface area contributed by atoms with Gasteiger partial charge >= 0.3 is 0 Å². The van der Waals surface area contributed by atoms with E-state index in [1.165, 1.54) is 0 Å². The molecule has 0 saturated carbocycles. The van der Waals surface area contributed by atoms with Crippen LogP contribution in [0.25, 0.3) is 21.9 Å². The summed E-state index contributed by atoms with van der Waals surface area (Å²) < 4.78 is 25.6.